The van der Waals surface area contributed by atoms with Crippen LogP contribution in [0, 0.1) is 18.6 Å². The zero-order valence-electron chi connectivity index (χ0n) is 18.0. The Morgan fingerprint density at radius 1 is 1.00 bits per heavy atom. The van der Waals surface area contributed by atoms with E-state index in [9.17, 15) is 23.5 Å². The third kappa shape index (κ3) is 3.98. The van der Waals surface area contributed by atoms with E-state index in [2.05, 4.69) is 0 Å². The smallest absolute Gasteiger partial charge is 0.300 e. The maximum atomic E-state index is 14.0. The van der Waals surface area contributed by atoms with Crippen molar-refractivity contribution in [1.29, 1.82) is 0 Å². The summed E-state index contributed by atoms with van der Waals surface area (Å²) in [4.78, 5) is 27.3. The van der Waals surface area contributed by atoms with Gasteiger partial charge in [-0.05, 0) is 61.4 Å². The first-order chi connectivity index (χ1) is 15.8. The lowest BCUT2D eigenvalue weighted by Gasteiger charge is -2.26. The number of aliphatic hydroxyl groups is 1. The van der Waals surface area contributed by atoms with E-state index in [1.165, 1.54) is 6.07 Å². The van der Waals surface area contributed by atoms with Crippen LogP contribution in [0.25, 0.3) is 5.76 Å². The molecule has 0 aromatic heterocycles. The van der Waals surface area contributed by atoms with E-state index < -0.39 is 29.4 Å². The molecule has 5 nitrogen and oxygen atoms in total. The van der Waals surface area contributed by atoms with Crippen LogP contribution in [0.15, 0.2) is 72.3 Å². The van der Waals surface area contributed by atoms with Gasteiger partial charge in [-0.15, -0.1) is 0 Å². The Balaban J connectivity index is 1.92. The zero-order chi connectivity index (χ0) is 23.7. The van der Waals surface area contributed by atoms with Crippen LogP contribution < -0.4 is 9.64 Å². The molecule has 1 fully saturated rings. The van der Waals surface area contributed by atoms with E-state index in [-0.39, 0.29) is 17.0 Å². The average Bonchev–Trinajstić information content (AvgIpc) is 3.07. The van der Waals surface area contributed by atoms with Gasteiger partial charge in [-0.1, -0.05) is 24.3 Å². The number of carbonyl (C=O) groups excluding carboxylic acids is 2. The quantitative estimate of drug-likeness (QED) is 0.326. The number of ether oxygens (including phenoxy) is 1. The van der Waals surface area contributed by atoms with Crippen molar-refractivity contribution in [2.45, 2.75) is 19.9 Å². The van der Waals surface area contributed by atoms with Crippen LogP contribution in [0.3, 0.4) is 0 Å². The fraction of sp³-hybridized carbons (Fsp3) is 0.154. The molecule has 168 valence electrons. The van der Waals surface area contributed by atoms with Gasteiger partial charge in [-0.25, -0.2) is 8.78 Å². The highest BCUT2D eigenvalue weighted by molar-refractivity contribution is 6.51. The summed E-state index contributed by atoms with van der Waals surface area (Å²) in [6, 6.07) is 15.5. The number of halogens is 2. The fourth-order valence-corrected chi connectivity index (χ4v) is 3.95. The molecule has 0 bridgehead atoms. The summed E-state index contributed by atoms with van der Waals surface area (Å²) in [5.41, 5.74) is 1.53. The lowest BCUT2D eigenvalue weighted by Crippen LogP contribution is -2.30. The minimum absolute atomic E-state index is 0.00926. The van der Waals surface area contributed by atoms with Gasteiger partial charge < -0.3 is 9.84 Å². The topological polar surface area (TPSA) is 66.8 Å². The molecule has 1 amide bonds. The van der Waals surface area contributed by atoms with Crippen molar-refractivity contribution in [2.24, 2.45) is 0 Å². The third-order valence-electron chi connectivity index (χ3n) is 5.55. The van der Waals surface area contributed by atoms with Crippen LogP contribution in [-0.2, 0) is 9.59 Å². The fourth-order valence-electron chi connectivity index (χ4n) is 3.95. The number of hydrogen-bond donors (Lipinski definition) is 1. The Kier molecular flexibility index (Phi) is 5.96. The Hall–Kier alpha value is -4.00. The largest absolute Gasteiger partial charge is 0.507 e. The minimum Gasteiger partial charge on any atom is -0.507 e. The number of carbonyl (C=O) groups is 2. The van der Waals surface area contributed by atoms with Gasteiger partial charge in [-0.2, -0.15) is 0 Å². The summed E-state index contributed by atoms with van der Waals surface area (Å²) < 4.78 is 33.0. The molecule has 0 saturated carbocycles. The first-order valence-corrected chi connectivity index (χ1v) is 10.4. The van der Waals surface area contributed by atoms with Gasteiger partial charge in [0.25, 0.3) is 11.7 Å². The lowest BCUT2D eigenvalue weighted by molar-refractivity contribution is -0.132. The molecule has 1 aliphatic rings. The van der Waals surface area contributed by atoms with Crippen molar-refractivity contribution < 1.29 is 28.2 Å². The van der Waals surface area contributed by atoms with Crippen molar-refractivity contribution in [3.05, 3.63) is 101 Å². The van der Waals surface area contributed by atoms with Crippen molar-refractivity contribution in [2.75, 3.05) is 11.5 Å². The highest BCUT2D eigenvalue weighted by atomic mass is 19.2. The Labute approximate surface area is 189 Å². The number of aryl methyl sites for hydroxylation is 1. The van der Waals surface area contributed by atoms with Crippen molar-refractivity contribution >= 4 is 23.1 Å². The number of Topliss-reactive ketones (excluding diaryl/α,β-unsaturated/α-hetero) is 1. The Bertz CT molecular complexity index is 1270. The summed E-state index contributed by atoms with van der Waals surface area (Å²) >= 11 is 0. The van der Waals surface area contributed by atoms with Gasteiger partial charge in [-0.3, -0.25) is 14.5 Å². The van der Waals surface area contributed by atoms with E-state index >= 15 is 0 Å². The number of aliphatic hydroxyl groups excluding tert-OH is 1. The van der Waals surface area contributed by atoms with Crippen molar-refractivity contribution in [3.63, 3.8) is 0 Å². The molecule has 4 rings (SSSR count). The molecule has 7 heteroatoms. The van der Waals surface area contributed by atoms with E-state index in [0.717, 1.165) is 22.6 Å². The number of rotatable bonds is 5. The molecule has 1 unspecified atom stereocenters. The second-order valence-electron chi connectivity index (χ2n) is 7.58. The first-order valence-electron chi connectivity index (χ1n) is 10.4. The van der Waals surface area contributed by atoms with Gasteiger partial charge in [0.05, 0.1) is 18.2 Å². The number of hydrogen-bond acceptors (Lipinski definition) is 4. The molecule has 0 radical (unpaired) electrons. The van der Waals surface area contributed by atoms with Crippen LogP contribution in [0.2, 0.25) is 0 Å². The summed E-state index contributed by atoms with van der Waals surface area (Å²) in [5.74, 6) is -3.86. The predicted molar refractivity (Wildman–Crippen MR) is 120 cm³/mol. The first kappa shape index (κ1) is 22.2. The molecular formula is C26H21F2NO4. The van der Waals surface area contributed by atoms with Crippen LogP contribution in [-0.4, -0.2) is 23.4 Å². The molecule has 1 heterocycles. The molecule has 33 heavy (non-hydrogen) atoms. The van der Waals surface area contributed by atoms with Gasteiger partial charge in [0.1, 0.15) is 11.5 Å². The minimum atomic E-state index is -1.15. The van der Waals surface area contributed by atoms with E-state index in [1.807, 2.05) is 6.92 Å². The van der Waals surface area contributed by atoms with Crippen LogP contribution in [0.1, 0.15) is 29.7 Å². The molecule has 1 N–H and O–H groups in total. The second-order valence-corrected chi connectivity index (χ2v) is 7.58. The van der Waals surface area contributed by atoms with Gasteiger partial charge in [0.15, 0.2) is 11.6 Å². The van der Waals surface area contributed by atoms with E-state index in [4.69, 9.17) is 4.74 Å². The molecule has 3 aromatic rings. The predicted octanol–water partition coefficient (Wildman–Crippen LogP) is 5.30. The second kappa shape index (κ2) is 8.86. The van der Waals surface area contributed by atoms with Gasteiger partial charge in [0.2, 0.25) is 0 Å². The zero-order valence-corrected chi connectivity index (χ0v) is 18.0. The molecular weight excluding hydrogens is 428 g/mol. The molecule has 1 saturated heterocycles. The lowest BCUT2D eigenvalue weighted by atomic mass is 9.92. The molecule has 0 spiro atoms. The highest BCUT2D eigenvalue weighted by Gasteiger charge is 2.47. The normalized spacial score (nSPS) is 17.5. The highest BCUT2D eigenvalue weighted by Crippen LogP contribution is 2.43. The summed E-state index contributed by atoms with van der Waals surface area (Å²) in [7, 11) is 0. The van der Waals surface area contributed by atoms with E-state index in [0.29, 0.717) is 23.5 Å². The Morgan fingerprint density at radius 2 is 1.70 bits per heavy atom. The summed E-state index contributed by atoms with van der Waals surface area (Å²) in [6.07, 6.45) is 0. The van der Waals surface area contributed by atoms with Crippen molar-refractivity contribution in [1.82, 2.24) is 0 Å². The third-order valence-corrected chi connectivity index (χ3v) is 5.55. The van der Waals surface area contributed by atoms with Crippen LogP contribution in [0.4, 0.5) is 14.5 Å². The standard InChI is InChI=1S/C26H21F2NO4/c1-3-33-18-11-8-16(9-12-18)24(30)22-23(19-7-5-4-6-15(19)2)29(26(32)25(22)31)17-10-13-20(27)21(28)14-17/h4-14,23,30H,3H2,1-2H3/b24-22+. The van der Waals surface area contributed by atoms with Gasteiger partial charge >= 0.3 is 0 Å². The van der Waals surface area contributed by atoms with Gasteiger partial charge in [0, 0.05) is 17.3 Å². The molecule has 3 aromatic carbocycles. The molecule has 1 aliphatic heterocycles. The van der Waals surface area contributed by atoms with Crippen LogP contribution >= 0.6 is 0 Å². The number of benzene rings is 3. The number of nitrogens with zero attached hydrogens (tertiary/aromatic N) is 1. The molecule has 0 aliphatic carbocycles. The number of ketones is 1. The number of amides is 1. The summed E-state index contributed by atoms with van der Waals surface area (Å²) in [5, 5.41) is 11.1. The maximum absolute atomic E-state index is 14.0. The maximum Gasteiger partial charge on any atom is 0.300 e. The Morgan fingerprint density at radius 3 is 2.33 bits per heavy atom. The van der Waals surface area contributed by atoms with E-state index in [1.54, 1.807) is 55.5 Å². The van der Waals surface area contributed by atoms with Crippen molar-refractivity contribution in [3.8, 4) is 5.75 Å². The SMILES string of the molecule is CCOc1ccc(/C(O)=C2\C(=O)C(=O)N(c3ccc(F)c(F)c3)C2c2ccccc2C)cc1. The molecule has 1 atom stereocenters. The summed E-state index contributed by atoms with van der Waals surface area (Å²) in [6.45, 7) is 4.12. The number of anilines is 1. The monoisotopic (exact) mass is 449 g/mol. The average molecular weight is 449 g/mol. The van der Waals surface area contributed by atoms with Crippen LogP contribution in [0.5, 0.6) is 5.75 Å².